The maximum atomic E-state index is 13.2. The van der Waals surface area contributed by atoms with E-state index in [9.17, 15) is 22.8 Å². The summed E-state index contributed by atoms with van der Waals surface area (Å²) < 4.78 is 44.6. The number of nitrogens with zero attached hydrogens (tertiary/aromatic N) is 3. The van der Waals surface area contributed by atoms with E-state index in [1.54, 1.807) is 43.5 Å². The number of ether oxygens (including phenoxy) is 1. The number of pyridine rings is 1. The van der Waals surface area contributed by atoms with Crippen LogP contribution in [0.5, 0.6) is 0 Å². The average molecular weight is 578 g/mol. The van der Waals surface area contributed by atoms with Gasteiger partial charge in [0.2, 0.25) is 0 Å². The van der Waals surface area contributed by atoms with Gasteiger partial charge in [-0.2, -0.15) is 13.2 Å². The molecule has 0 saturated carbocycles. The largest absolute Gasteiger partial charge is 0.448 e. The van der Waals surface area contributed by atoms with Gasteiger partial charge in [0.15, 0.2) is 0 Å². The molecule has 11 heteroatoms. The Kier molecular flexibility index (Phi) is 8.89. The molecule has 2 aromatic carbocycles. The van der Waals surface area contributed by atoms with Gasteiger partial charge in [0.05, 0.1) is 28.4 Å². The molecule has 4 aromatic rings. The molecule has 0 spiro atoms. The van der Waals surface area contributed by atoms with Gasteiger partial charge in [-0.05, 0) is 69.7 Å². The number of hydrogen-bond acceptors (Lipinski definition) is 6. The van der Waals surface area contributed by atoms with Crippen LogP contribution >= 0.6 is 0 Å². The molecular formula is C31H30F3N5O3. The number of hydrogen-bond donors (Lipinski definition) is 2. The molecular weight excluding hydrogens is 547 g/mol. The van der Waals surface area contributed by atoms with Crippen molar-refractivity contribution in [2.75, 3.05) is 11.9 Å². The number of alkyl carbamates (subject to hydrolysis) is 1. The normalized spacial score (nSPS) is 12.4. The van der Waals surface area contributed by atoms with Crippen molar-refractivity contribution in [3.8, 4) is 11.3 Å². The molecule has 0 fully saturated rings. The van der Waals surface area contributed by atoms with Gasteiger partial charge in [-0.15, -0.1) is 0 Å². The molecule has 0 bridgehead atoms. The topological polar surface area (TPSA) is 106 Å². The summed E-state index contributed by atoms with van der Waals surface area (Å²) in [6, 6.07) is 16.9. The van der Waals surface area contributed by atoms with Crippen LogP contribution in [0.2, 0.25) is 0 Å². The molecule has 0 saturated heterocycles. The van der Waals surface area contributed by atoms with Crippen molar-refractivity contribution < 1.29 is 27.5 Å². The van der Waals surface area contributed by atoms with Crippen molar-refractivity contribution in [1.82, 2.24) is 20.3 Å². The summed E-state index contributed by atoms with van der Waals surface area (Å²) in [5, 5.41) is 5.56. The molecule has 2 heterocycles. The van der Waals surface area contributed by atoms with Crippen molar-refractivity contribution in [2.24, 2.45) is 0 Å². The Labute approximate surface area is 241 Å². The highest BCUT2D eigenvalue weighted by Crippen LogP contribution is 2.32. The second-order valence-electron chi connectivity index (χ2n) is 10.6. The molecule has 0 aliphatic carbocycles. The predicted octanol–water partition coefficient (Wildman–Crippen LogP) is 6.77. The highest BCUT2D eigenvalue weighted by Gasteiger charge is 2.30. The number of alkyl halides is 3. The molecule has 2 N–H and O–H groups in total. The van der Waals surface area contributed by atoms with Gasteiger partial charge in [-0.3, -0.25) is 9.78 Å². The Morgan fingerprint density at radius 3 is 2.21 bits per heavy atom. The first-order chi connectivity index (χ1) is 19.8. The third-order valence-corrected chi connectivity index (χ3v) is 6.11. The van der Waals surface area contributed by atoms with Crippen LogP contribution in [0.25, 0.3) is 11.3 Å². The van der Waals surface area contributed by atoms with Crippen LogP contribution in [-0.2, 0) is 10.9 Å². The molecule has 0 aliphatic heterocycles. The minimum atomic E-state index is -4.48. The minimum absolute atomic E-state index is 0.0435. The van der Waals surface area contributed by atoms with Crippen LogP contribution in [0, 0.1) is 6.92 Å². The number of aromatic nitrogens is 3. The number of benzene rings is 2. The number of amides is 2. The monoisotopic (exact) mass is 577 g/mol. The van der Waals surface area contributed by atoms with Crippen LogP contribution in [0.3, 0.4) is 0 Å². The van der Waals surface area contributed by atoms with Gasteiger partial charge >= 0.3 is 12.3 Å². The third-order valence-electron chi connectivity index (χ3n) is 6.11. The summed E-state index contributed by atoms with van der Waals surface area (Å²) in [6.07, 6.45) is -2.02. The van der Waals surface area contributed by atoms with Gasteiger partial charge < -0.3 is 15.4 Å². The summed E-state index contributed by atoms with van der Waals surface area (Å²) in [6.45, 7) is 7.23. The highest BCUT2D eigenvalue weighted by atomic mass is 19.4. The first-order valence-corrected chi connectivity index (χ1v) is 13.1. The predicted molar refractivity (Wildman–Crippen MR) is 152 cm³/mol. The van der Waals surface area contributed by atoms with Crippen molar-refractivity contribution >= 4 is 17.7 Å². The first kappa shape index (κ1) is 30.2. The van der Waals surface area contributed by atoms with E-state index in [4.69, 9.17) is 4.74 Å². The maximum Gasteiger partial charge on any atom is 0.416 e. The number of nitrogens with one attached hydrogen (secondary N) is 2. The van der Waals surface area contributed by atoms with Crippen LogP contribution < -0.4 is 10.6 Å². The van der Waals surface area contributed by atoms with Crippen molar-refractivity contribution in [3.05, 3.63) is 107 Å². The number of rotatable bonds is 7. The van der Waals surface area contributed by atoms with Crippen molar-refractivity contribution in [3.63, 3.8) is 0 Å². The molecule has 2 amide bonds. The Balaban J connectivity index is 1.53. The zero-order valence-corrected chi connectivity index (χ0v) is 23.5. The standard InChI is InChI=1S/C31H30F3N5O3/c1-19-36-17-24(27(37-19)21-8-12-22(13-9-21)31(32,33)34)28(40)38-23-14-10-20(11-15-23)25(26-7-5-6-16-35-26)18-42-29(41)39-30(2,3)4/h5-17,25H,18H2,1-4H3,(H,38,40)(H,39,41). The Hall–Kier alpha value is -4.80. The van der Waals surface area contributed by atoms with E-state index in [-0.39, 0.29) is 23.8 Å². The van der Waals surface area contributed by atoms with Crippen molar-refractivity contribution in [2.45, 2.75) is 45.3 Å². The quantitative estimate of drug-likeness (QED) is 0.251. The number of aryl methyl sites for hydroxylation is 1. The lowest BCUT2D eigenvalue weighted by atomic mass is 9.95. The fourth-order valence-electron chi connectivity index (χ4n) is 4.11. The van der Waals surface area contributed by atoms with Gasteiger partial charge in [0, 0.05) is 29.2 Å². The lowest BCUT2D eigenvalue weighted by Crippen LogP contribution is -2.41. The zero-order chi connectivity index (χ0) is 30.5. The SMILES string of the molecule is Cc1ncc(C(=O)Nc2ccc(C(COC(=O)NC(C)(C)C)c3ccccn3)cc2)c(-c2ccc(C(F)(F)F)cc2)n1. The lowest BCUT2D eigenvalue weighted by Gasteiger charge is -2.22. The van der Waals surface area contributed by atoms with Gasteiger partial charge in [0.1, 0.15) is 12.4 Å². The highest BCUT2D eigenvalue weighted by molar-refractivity contribution is 6.07. The van der Waals surface area contributed by atoms with E-state index in [2.05, 4.69) is 25.6 Å². The Bertz CT molecular complexity index is 1540. The van der Waals surface area contributed by atoms with Gasteiger partial charge in [-0.1, -0.05) is 30.3 Å². The Morgan fingerprint density at radius 2 is 1.62 bits per heavy atom. The van der Waals surface area contributed by atoms with Crippen molar-refractivity contribution in [1.29, 1.82) is 0 Å². The first-order valence-electron chi connectivity index (χ1n) is 13.1. The van der Waals surface area contributed by atoms with E-state index < -0.39 is 29.3 Å². The second-order valence-corrected chi connectivity index (χ2v) is 10.6. The summed E-state index contributed by atoms with van der Waals surface area (Å²) in [5.41, 5.74) is 1.39. The smallest absolute Gasteiger partial charge is 0.416 e. The van der Waals surface area contributed by atoms with Gasteiger partial charge in [0.25, 0.3) is 5.91 Å². The fourth-order valence-corrected chi connectivity index (χ4v) is 4.11. The fraction of sp³-hybridized carbons (Fsp3) is 0.258. The lowest BCUT2D eigenvalue weighted by molar-refractivity contribution is -0.137. The van der Waals surface area contributed by atoms with Crippen LogP contribution in [0.4, 0.5) is 23.7 Å². The van der Waals surface area contributed by atoms with E-state index in [0.29, 0.717) is 22.8 Å². The summed E-state index contributed by atoms with van der Waals surface area (Å²) in [5.74, 6) is -0.524. The zero-order valence-electron chi connectivity index (χ0n) is 23.5. The van der Waals surface area contributed by atoms with E-state index >= 15 is 0 Å². The van der Waals surface area contributed by atoms with Crippen LogP contribution in [0.15, 0.2) is 79.1 Å². The molecule has 2 aromatic heterocycles. The molecule has 4 rings (SSSR count). The minimum Gasteiger partial charge on any atom is -0.448 e. The molecule has 1 unspecified atom stereocenters. The molecule has 8 nitrogen and oxygen atoms in total. The average Bonchev–Trinajstić information content (AvgIpc) is 2.93. The summed E-state index contributed by atoms with van der Waals surface area (Å²) in [4.78, 5) is 38.4. The maximum absolute atomic E-state index is 13.2. The molecule has 1 atom stereocenters. The van der Waals surface area contributed by atoms with Crippen LogP contribution in [0.1, 0.15) is 59.7 Å². The number of carbonyl (C=O) groups excluding carboxylic acids is 2. The number of halogens is 3. The summed E-state index contributed by atoms with van der Waals surface area (Å²) in [7, 11) is 0. The van der Waals surface area contributed by atoms with Crippen LogP contribution in [-0.4, -0.2) is 39.1 Å². The molecule has 0 radical (unpaired) electrons. The van der Waals surface area contributed by atoms with Gasteiger partial charge in [-0.25, -0.2) is 14.8 Å². The molecule has 42 heavy (non-hydrogen) atoms. The Morgan fingerprint density at radius 1 is 0.929 bits per heavy atom. The van der Waals surface area contributed by atoms with E-state index in [1.807, 2.05) is 32.9 Å². The number of carbonyl (C=O) groups is 2. The van der Waals surface area contributed by atoms with E-state index in [1.165, 1.54) is 18.3 Å². The number of anilines is 1. The summed E-state index contributed by atoms with van der Waals surface area (Å²) >= 11 is 0. The third kappa shape index (κ3) is 7.90. The molecule has 0 aliphatic rings. The molecule has 218 valence electrons. The second kappa shape index (κ2) is 12.4. The van der Waals surface area contributed by atoms with E-state index in [0.717, 1.165) is 17.7 Å².